The van der Waals surface area contributed by atoms with Gasteiger partial charge in [0.1, 0.15) is 0 Å². The molecule has 18 heavy (non-hydrogen) atoms. The summed E-state index contributed by atoms with van der Waals surface area (Å²) in [5.41, 5.74) is 0. The molecule has 106 valence electrons. The molecular formula is C15H30N2O. The number of hydrogen-bond donors (Lipinski definition) is 0. The zero-order valence-electron chi connectivity index (χ0n) is 12.2. The molecule has 0 unspecified atom stereocenters. The van der Waals surface area contributed by atoms with Crippen LogP contribution in [0, 0.1) is 5.92 Å². The lowest BCUT2D eigenvalue weighted by Gasteiger charge is -2.41. The molecule has 0 bridgehead atoms. The molecule has 2 atom stereocenters. The minimum atomic E-state index is 0.581. The van der Waals surface area contributed by atoms with Crippen LogP contribution in [0.4, 0.5) is 0 Å². The minimum Gasteiger partial charge on any atom is -0.378 e. The number of fused-ring (bicyclic) bond motifs is 1. The van der Waals surface area contributed by atoms with Crippen molar-refractivity contribution in [3.8, 4) is 0 Å². The summed E-state index contributed by atoms with van der Waals surface area (Å²) in [5.74, 6) is 0.820. The number of ether oxygens (including phenoxy) is 1. The van der Waals surface area contributed by atoms with Crippen LogP contribution in [0.3, 0.4) is 0 Å². The molecule has 0 spiro atoms. The Morgan fingerprint density at radius 2 is 2.06 bits per heavy atom. The molecule has 0 amide bonds. The Hall–Kier alpha value is -0.120. The van der Waals surface area contributed by atoms with E-state index in [1.807, 2.05) is 0 Å². The number of hydrogen-bond acceptors (Lipinski definition) is 3. The summed E-state index contributed by atoms with van der Waals surface area (Å²) in [6.07, 6.45) is 5.82. The lowest BCUT2D eigenvalue weighted by molar-refractivity contribution is -0.0664. The minimum absolute atomic E-state index is 0.581. The van der Waals surface area contributed by atoms with Crippen LogP contribution in [-0.4, -0.2) is 61.8 Å². The number of likely N-dealkylation sites (tertiary alicyclic amines) is 1. The number of nitrogens with zero attached hydrogens (tertiary/aromatic N) is 2. The zero-order chi connectivity index (χ0) is 12.8. The maximum absolute atomic E-state index is 5.87. The molecule has 2 rings (SSSR count). The van der Waals surface area contributed by atoms with Crippen molar-refractivity contribution in [3.63, 3.8) is 0 Å². The van der Waals surface area contributed by atoms with E-state index >= 15 is 0 Å². The van der Waals surface area contributed by atoms with Gasteiger partial charge in [0, 0.05) is 19.7 Å². The molecule has 0 saturated carbocycles. The molecule has 0 aromatic rings. The van der Waals surface area contributed by atoms with E-state index in [4.69, 9.17) is 4.74 Å². The SMILES string of the molecule is CCN(CC)CCCN1CC[C@@H]2OCCC[C@H]2C1. The summed E-state index contributed by atoms with van der Waals surface area (Å²) in [4.78, 5) is 5.19. The van der Waals surface area contributed by atoms with Crippen molar-refractivity contribution in [2.24, 2.45) is 5.92 Å². The largest absolute Gasteiger partial charge is 0.378 e. The second kappa shape index (κ2) is 7.46. The Kier molecular flexibility index (Phi) is 5.93. The first-order valence-corrected chi connectivity index (χ1v) is 7.89. The normalized spacial score (nSPS) is 29.5. The average Bonchev–Trinajstić information content (AvgIpc) is 2.43. The predicted octanol–water partition coefficient (Wildman–Crippen LogP) is 2.22. The van der Waals surface area contributed by atoms with Gasteiger partial charge in [0.05, 0.1) is 6.10 Å². The van der Waals surface area contributed by atoms with Crippen LogP contribution in [-0.2, 0) is 4.74 Å². The second-order valence-corrected chi connectivity index (χ2v) is 5.78. The molecule has 0 aliphatic carbocycles. The molecular weight excluding hydrogens is 224 g/mol. The molecule has 3 heteroatoms. The Balaban J connectivity index is 1.65. The van der Waals surface area contributed by atoms with Gasteiger partial charge < -0.3 is 14.5 Å². The van der Waals surface area contributed by atoms with Crippen molar-refractivity contribution in [3.05, 3.63) is 0 Å². The van der Waals surface area contributed by atoms with E-state index in [9.17, 15) is 0 Å². The van der Waals surface area contributed by atoms with Crippen molar-refractivity contribution in [1.29, 1.82) is 0 Å². The average molecular weight is 254 g/mol. The smallest absolute Gasteiger partial charge is 0.0627 e. The fraction of sp³-hybridized carbons (Fsp3) is 1.00. The van der Waals surface area contributed by atoms with Gasteiger partial charge in [-0.25, -0.2) is 0 Å². The van der Waals surface area contributed by atoms with E-state index in [2.05, 4.69) is 23.6 Å². The van der Waals surface area contributed by atoms with Gasteiger partial charge >= 0.3 is 0 Å². The van der Waals surface area contributed by atoms with E-state index in [0.29, 0.717) is 6.10 Å². The highest BCUT2D eigenvalue weighted by atomic mass is 16.5. The Morgan fingerprint density at radius 3 is 2.83 bits per heavy atom. The fourth-order valence-electron chi connectivity index (χ4n) is 3.42. The molecule has 2 aliphatic heterocycles. The highest BCUT2D eigenvalue weighted by Crippen LogP contribution is 2.28. The number of piperidine rings is 1. The van der Waals surface area contributed by atoms with Gasteiger partial charge in [-0.05, 0) is 57.8 Å². The zero-order valence-corrected chi connectivity index (χ0v) is 12.2. The van der Waals surface area contributed by atoms with Gasteiger partial charge in [-0.15, -0.1) is 0 Å². The predicted molar refractivity (Wildman–Crippen MR) is 75.9 cm³/mol. The first-order valence-electron chi connectivity index (χ1n) is 7.89. The summed E-state index contributed by atoms with van der Waals surface area (Å²) in [6, 6.07) is 0. The fourth-order valence-corrected chi connectivity index (χ4v) is 3.42. The molecule has 2 heterocycles. The molecule has 2 aliphatic rings. The van der Waals surface area contributed by atoms with Crippen molar-refractivity contribution in [1.82, 2.24) is 9.80 Å². The van der Waals surface area contributed by atoms with Gasteiger partial charge in [0.25, 0.3) is 0 Å². The molecule has 2 saturated heterocycles. The maximum Gasteiger partial charge on any atom is 0.0627 e. The third-order valence-corrected chi connectivity index (χ3v) is 4.64. The van der Waals surface area contributed by atoms with Crippen molar-refractivity contribution >= 4 is 0 Å². The Morgan fingerprint density at radius 1 is 1.22 bits per heavy atom. The third kappa shape index (κ3) is 3.94. The summed E-state index contributed by atoms with van der Waals surface area (Å²) in [7, 11) is 0. The topological polar surface area (TPSA) is 15.7 Å². The van der Waals surface area contributed by atoms with Crippen LogP contribution < -0.4 is 0 Å². The maximum atomic E-state index is 5.87. The third-order valence-electron chi connectivity index (χ3n) is 4.64. The van der Waals surface area contributed by atoms with E-state index < -0.39 is 0 Å². The standard InChI is InChI=1S/C15H30N2O/c1-3-16(4-2)9-6-10-17-11-8-15-14(13-17)7-5-12-18-15/h14-15H,3-13H2,1-2H3/t14-,15-/m0/s1. The first-order chi connectivity index (χ1) is 8.83. The van der Waals surface area contributed by atoms with Crippen LogP contribution in [0.1, 0.15) is 39.5 Å². The van der Waals surface area contributed by atoms with Gasteiger partial charge in [-0.1, -0.05) is 13.8 Å². The molecule has 0 N–H and O–H groups in total. The van der Waals surface area contributed by atoms with E-state index in [1.54, 1.807) is 0 Å². The van der Waals surface area contributed by atoms with E-state index in [1.165, 1.54) is 65.0 Å². The van der Waals surface area contributed by atoms with E-state index in [0.717, 1.165) is 12.5 Å². The molecule has 0 aromatic heterocycles. The highest BCUT2D eigenvalue weighted by molar-refractivity contribution is 4.83. The lowest BCUT2D eigenvalue weighted by Crippen LogP contribution is -2.46. The van der Waals surface area contributed by atoms with Crippen LogP contribution in [0.5, 0.6) is 0 Å². The van der Waals surface area contributed by atoms with Crippen molar-refractivity contribution in [2.45, 2.75) is 45.6 Å². The van der Waals surface area contributed by atoms with Crippen molar-refractivity contribution in [2.75, 3.05) is 45.9 Å². The molecule has 0 aromatic carbocycles. The van der Waals surface area contributed by atoms with Crippen molar-refractivity contribution < 1.29 is 4.74 Å². The van der Waals surface area contributed by atoms with Gasteiger partial charge in [-0.3, -0.25) is 0 Å². The summed E-state index contributed by atoms with van der Waals surface area (Å²) in [6.45, 7) is 13.0. The molecule has 0 radical (unpaired) electrons. The van der Waals surface area contributed by atoms with Crippen LogP contribution in [0.2, 0.25) is 0 Å². The summed E-state index contributed by atoms with van der Waals surface area (Å²) < 4.78 is 5.87. The van der Waals surface area contributed by atoms with Crippen LogP contribution >= 0.6 is 0 Å². The van der Waals surface area contributed by atoms with Crippen LogP contribution in [0.15, 0.2) is 0 Å². The Bertz CT molecular complexity index is 231. The Labute approximate surface area is 112 Å². The van der Waals surface area contributed by atoms with Gasteiger partial charge in [-0.2, -0.15) is 0 Å². The molecule has 3 nitrogen and oxygen atoms in total. The summed E-state index contributed by atoms with van der Waals surface area (Å²) >= 11 is 0. The highest BCUT2D eigenvalue weighted by Gasteiger charge is 2.31. The first kappa shape index (κ1) is 14.3. The second-order valence-electron chi connectivity index (χ2n) is 5.78. The summed E-state index contributed by atoms with van der Waals surface area (Å²) in [5, 5.41) is 0. The lowest BCUT2D eigenvalue weighted by atomic mass is 9.88. The molecule has 2 fully saturated rings. The van der Waals surface area contributed by atoms with E-state index in [-0.39, 0.29) is 0 Å². The van der Waals surface area contributed by atoms with Gasteiger partial charge in [0.15, 0.2) is 0 Å². The quantitative estimate of drug-likeness (QED) is 0.723. The number of rotatable bonds is 6. The van der Waals surface area contributed by atoms with Gasteiger partial charge in [0.2, 0.25) is 0 Å². The monoisotopic (exact) mass is 254 g/mol. The van der Waals surface area contributed by atoms with Crippen LogP contribution in [0.25, 0.3) is 0 Å².